The van der Waals surface area contributed by atoms with E-state index in [1.54, 1.807) is 0 Å². The van der Waals surface area contributed by atoms with Gasteiger partial charge in [-0.05, 0) is 30.6 Å². The van der Waals surface area contributed by atoms with Crippen molar-refractivity contribution >= 4 is 5.91 Å². The van der Waals surface area contributed by atoms with Crippen LogP contribution >= 0.6 is 0 Å². The maximum Gasteiger partial charge on any atom is 0.233 e. The molecule has 0 spiro atoms. The first-order valence-electron chi connectivity index (χ1n) is 8.54. The largest absolute Gasteiger partial charge is 0.381 e. The predicted molar refractivity (Wildman–Crippen MR) is 85.1 cm³/mol. The molecule has 1 aliphatic carbocycles. The first-order chi connectivity index (χ1) is 9.97. The maximum atomic E-state index is 12.0. The van der Waals surface area contributed by atoms with Gasteiger partial charge in [-0.2, -0.15) is 0 Å². The third-order valence-electron chi connectivity index (χ3n) is 5.02. The molecule has 2 fully saturated rings. The molecule has 0 aromatic rings. The van der Waals surface area contributed by atoms with Crippen molar-refractivity contribution in [1.82, 2.24) is 10.6 Å². The summed E-state index contributed by atoms with van der Waals surface area (Å²) in [6.45, 7) is 9.79. The second kappa shape index (κ2) is 7.59. The number of hydrogen-bond donors (Lipinski definition) is 2. The number of carbonyl (C=O) groups is 1. The number of nitrogens with one attached hydrogen (secondary N) is 2. The summed E-state index contributed by atoms with van der Waals surface area (Å²) in [5.41, 5.74) is 0.315. The summed E-state index contributed by atoms with van der Waals surface area (Å²) in [5.74, 6) is 1.30. The molecule has 21 heavy (non-hydrogen) atoms. The Balaban J connectivity index is 1.71. The SMILES string of the molecule is CC(C)(C)[C@@H]1CCCC[C@@H]1NCC(=O)NC[C@H]1CCOC1. The zero-order chi connectivity index (χ0) is 15.3. The summed E-state index contributed by atoms with van der Waals surface area (Å²) in [4.78, 5) is 12.0. The third-order valence-corrected chi connectivity index (χ3v) is 5.02. The normalized spacial score (nSPS) is 30.3. The van der Waals surface area contributed by atoms with Crippen LogP contribution in [0.4, 0.5) is 0 Å². The Labute approximate surface area is 129 Å². The standard InChI is InChI=1S/C17H32N2O2/c1-17(2,3)14-6-4-5-7-15(14)18-11-16(20)19-10-13-8-9-21-12-13/h13-15,18H,4-12H2,1-3H3,(H,19,20)/t13-,14-,15+/m1/s1. The van der Waals surface area contributed by atoms with E-state index in [0.29, 0.717) is 29.8 Å². The summed E-state index contributed by atoms with van der Waals surface area (Å²) in [6, 6.07) is 0.485. The smallest absolute Gasteiger partial charge is 0.233 e. The molecule has 3 atom stereocenters. The molecular formula is C17H32N2O2. The van der Waals surface area contributed by atoms with Crippen LogP contribution in [0.1, 0.15) is 52.9 Å². The molecule has 1 amide bonds. The molecule has 1 aliphatic heterocycles. The predicted octanol–water partition coefficient (Wildman–Crippen LogP) is 2.33. The molecule has 2 rings (SSSR count). The minimum atomic E-state index is 0.125. The van der Waals surface area contributed by atoms with E-state index >= 15 is 0 Å². The fraction of sp³-hybridized carbons (Fsp3) is 0.941. The van der Waals surface area contributed by atoms with E-state index in [0.717, 1.165) is 26.2 Å². The molecule has 1 saturated heterocycles. The fourth-order valence-electron chi connectivity index (χ4n) is 3.70. The molecular weight excluding hydrogens is 264 g/mol. The molecule has 0 aromatic heterocycles. The molecule has 1 heterocycles. The number of hydrogen-bond acceptors (Lipinski definition) is 3. The van der Waals surface area contributed by atoms with Crippen LogP contribution in [0.15, 0.2) is 0 Å². The maximum absolute atomic E-state index is 12.0. The van der Waals surface area contributed by atoms with Gasteiger partial charge in [0.2, 0.25) is 5.91 Å². The van der Waals surface area contributed by atoms with Crippen molar-refractivity contribution in [1.29, 1.82) is 0 Å². The van der Waals surface area contributed by atoms with Crippen LogP contribution in [-0.4, -0.2) is 38.3 Å². The molecule has 0 bridgehead atoms. The quantitative estimate of drug-likeness (QED) is 0.818. The topological polar surface area (TPSA) is 50.4 Å². The van der Waals surface area contributed by atoms with E-state index in [1.807, 2.05) is 0 Å². The van der Waals surface area contributed by atoms with Crippen molar-refractivity contribution in [3.63, 3.8) is 0 Å². The van der Waals surface area contributed by atoms with Crippen LogP contribution in [0.25, 0.3) is 0 Å². The van der Waals surface area contributed by atoms with Crippen LogP contribution in [-0.2, 0) is 9.53 Å². The monoisotopic (exact) mass is 296 g/mol. The second-order valence-electron chi connectivity index (χ2n) is 7.78. The molecule has 2 aliphatic rings. The van der Waals surface area contributed by atoms with Crippen molar-refractivity contribution < 1.29 is 9.53 Å². The number of amides is 1. The Morgan fingerprint density at radius 2 is 1.95 bits per heavy atom. The summed E-state index contributed by atoms with van der Waals surface area (Å²) >= 11 is 0. The van der Waals surface area contributed by atoms with Crippen molar-refractivity contribution in [3.05, 3.63) is 0 Å². The second-order valence-corrected chi connectivity index (χ2v) is 7.78. The molecule has 0 unspecified atom stereocenters. The molecule has 0 radical (unpaired) electrons. The van der Waals surface area contributed by atoms with Gasteiger partial charge in [-0.1, -0.05) is 33.6 Å². The lowest BCUT2D eigenvalue weighted by molar-refractivity contribution is -0.120. The highest BCUT2D eigenvalue weighted by Crippen LogP contribution is 2.37. The lowest BCUT2D eigenvalue weighted by atomic mass is 9.69. The van der Waals surface area contributed by atoms with Gasteiger partial charge in [-0.3, -0.25) is 4.79 Å². The molecule has 4 nitrogen and oxygen atoms in total. The lowest BCUT2D eigenvalue weighted by Gasteiger charge is -2.41. The van der Waals surface area contributed by atoms with Gasteiger partial charge in [-0.25, -0.2) is 0 Å². The molecule has 0 aromatic carbocycles. The zero-order valence-corrected chi connectivity index (χ0v) is 13.9. The van der Waals surface area contributed by atoms with Gasteiger partial charge >= 0.3 is 0 Å². The van der Waals surface area contributed by atoms with Crippen molar-refractivity contribution in [2.24, 2.45) is 17.3 Å². The van der Waals surface area contributed by atoms with E-state index < -0.39 is 0 Å². The van der Waals surface area contributed by atoms with E-state index in [-0.39, 0.29) is 5.91 Å². The molecule has 122 valence electrons. The van der Waals surface area contributed by atoms with Crippen molar-refractivity contribution in [3.8, 4) is 0 Å². The highest BCUT2D eigenvalue weighted by atomic mass is 16.5. The average molecular weight is 296 g/mol. The number of ether oxygens (including phenoxy) is 1. The minimum absolute atomic E-state index is 0.125. The summed E-state index contributed by atoms with van der Waals surface area (Å²) in [7, 11) is 0. The minimum Gasteiger partial charge on any atom is -0.381 e. The van der Waals surface area contributed by atoms with Crippen LogP contribution < -0.4 is 10.6 Å². The Hall–Kier alpha value is -0.610. The zero-order valence-electron chi connectivity index (χ0n) is 13.9. The fourth-order valence-corrected chi connectivity index (χ4v) is 3.70. The summed E-state index contributed by atoms with van der Waals surface area (Å²) in [6.07, 6.45) is 6.16. The number of carbonyl (C=O) groups excluding carboxylic acids is 1. The highest BCUT2D eigenvalue weighted by molar-refractivity contribution is 5.78. The molecule has 1 saturated carbocycles. The van der Waals surface area contributed by atoms with Gasteiger partial charge in [0.05, 0.1) is 13.2 Å². The van der Waals surface area contributed by atoms with Crippen LogP contribution in [0.3, 0.4) is 0 Å². The van der Waals surface area contributed by atoms with Crippen LogP contribution in [0.2, 0.25) is 0 Å². The van der Waals surface area contributed by atoms with Crippen LogP contribution in [0.5, 0.6) is 0 Å². The Morgan fingerprint density at radius 3 is 2.62 bits per heavy atom. The van der Waals surface area contributed by atoms with E-state index in [1.165, 1.54) is 25.7 Å². The Kier molecular flexibility index (Phi) is 6.06. The van der Waals surface area contributed by atoms with Gasteiger partial charge < -0.3 is 15.4 Å². The Morgan fingerprint density at radius 1 is 1.19 bits per heavy atom. The average Bonchev–Trinajstić information content (AvgIpc) is 2.95. The molecule has 4 heteroatoms. The molecule has 2 N–H and O–H groups in total. The summed E-state index contributed by atoms with van der Waals surface area (Å²) < 4.78 is 5.33. The van der Waals surface area contributed by atoms with Crippen LogP contribution in [0, 0.1) is 17.3 Å². The summed E-state index contributed by atoms with van der Waals surface area (Å²) in [5, 5.41) is 6.55. The number of rotatable bonds is 5. The van der Waals surface area contributed by atoms with Crippen molar-refractivity contribution in [2.75, 3.05) is 26.3 Å². The van der Waals surface area contributed by atoms with E-state index in [4.69, 9.17) is 4.74 Å². The highest BCUT2D eigenvalue weighted by Gasteiger charge is 2.33. The van der Waals surface area contributed by atoms with E-state index in [9.17, 15) is 4.79 Å². The van der Waals surface area contributed by atoms with Gasteiger partial charge in [-0.15, -0.1) is 0 Å². The van der Waals surface area contributed by atoms with Gasteiger partial charge in [0, 0.05) is 25.1 Å². The van der Waals surface area contributed by atoms with Gasteiger partial charge in [0.1, 0.15) is 0 Å². The van der Waals surface area contributed by atoms with Gasteiger partial charge in [0.25, 0.3) is 0 Å². The van der Waals surface area contributed by atoms with E-state index in [2.05, 4.69) is 31.4 Å². The first-order valence-corrected chi connectivity index (χ1v) is 8.54. The van der Waals surface area contributed by atoms with Crippen molar-refractivity contribution in [2.45, 2.75) is 58.9 Å². The van der Waals surface area contributed by atoms with Gasteiger partial charge in [0.15, 0.2) is 0 Å². The Bertz CT molecular complexity index is 332. The lowest BCUT2D eigenvalue weighted by Crippen LogP contribution is -2.48. The third kappa shape index (κ3) is 5.26. The first kappa shape index (κ1) is 16.8.